The van der Waals surface area contributed by atoms with Gasteiger partial charge in [0.1, 0.15) is 0 Å². The van der Waals surface area contributed by atoms with Crippen molar-refractivity contribution in [3.63, 3.8) is 0 Å². The minimum Gasteiger partial charge on any atom is -0.310 e. The zero-order valence-corrected chi connectivity index (χ0v) is 12.0. The lowest BCUT2D eigenvalue weighted by atomic mass is 9.86. The highest BCUT2D eigenvalue weighted by atomic mass is 35.5. The molecule has 1 aliphatic rings. The Hall–Kier alpha value is -1.35. The smallest absolute Gasteiger partial charge is 0.256 e. The summed E-state index contributed by atoms with van der Waals surface area (Å²) in [5, 5.41) is 0. The molecule has 3 nitrogen and oxygen atoms in total. The van der Waals surface area contributed by atoms with Gasteiger partial charge in [-0.05, 0) is 25.5 Å². The third-order valence-electron chi connectivity index (χ3n) is 3.57. The number of hydrogen-bond donors (Lipinski definition) is 0. The van der Waals surface area contributed by atoms with Crippen LogP contribution in [0.1, 0.15) is 43.5 Å². The SMILES string of the molecule is CCCCC1(Cl)C(=O)c2ccccc2N(CC)C1=O. The Labute approximate surface area is 118 Å². The summed E-state index contributed by atoms with van der Waals surface area (Å²) in [6, 6.07) is 7.17. The van der Waals surface area contributed by atoms with Gasteiger partial charge in [-0.25, -0.2) is 0 Å². The van der Waals surface area contributed by atoms with Gasteiger partial charge in [-0.2, -0.15) is 0 Å². The molecule has 0 N–H and O–H groups in total. The lowest BCUT2D eigenvalue weighted by molar-refractivity contribution is -0.120. The third kappa shape index (κ3) is 2.16. The summed E-state index contributed by atoms with van der Waals surface area (Å²) in [4.78, 5) is 25.3. The second-order valence-corrected chi connectivity index (χ2v) is 5.45. The molecule has 19 heavy (non-hydrogen) atoms. The number of rotatable bonds is 4. The number of Topliss-reactive ketones (excluding diaryl/α,β-unsaturated/α-hetero) is 1. The number of fused-ring (bicyclic) bond motifs is 1. The van der Waals surface area contributed by atoms with Crippen molar-refractivity contribution >= 4 is 29.0 Å². The van der Waals surface area contributed by atoms with Crippen LogP contribution in [0.25, 0.3) is 0 Å². The number of ketones is 1. The molecule has 4 heteroatoms. The van der Waals surface area contributed by atoms with Crippen LogP contribution in [0, 0.1) is 0 Å². The third-order valence-corrected chi connectivity index (χ3v) is 4.10. The van der Waals surface area contributed by atoms with E-state index in [1.54, 1.807) is 23.1 Å². The Morgan fingerprint density at radius 2 is 1.89 bits per heavy atom. The van der Waals surface area contributed by atoms with Gasteiger partial charge >= 0.3 is 0 Å². The fraction of sp³-hybridized carbons (Fsp3) is 0.467. The average Bonchev–Trinajstić information content (AvgIpc) is 2.44. The van der Waals surface area contributed by atoms with E-state index in [0.29, 0.717) is 24.2 Å². The Morgan fingerprint density at radius 1 is 1.21 bits per heavy atom. The Kier molecular flexibility index (Phi) is 3.95. The maximum Gasteiger partial charge on any atom is 0.256 e. The van der Waals surface area contributed by atoms with E-state index >= 15 is 0 Å². The van der Waals surface area contributed by atoms with Crippen molar-refractivity contribution in [3.8, 4) is 0 Å². The minimum absolute atomic E-state index is 0.257. The molecular weight excluding hydrogens is 262 g/mol. The largest absolute Gasteiger partial charge is 0.310 e. The number of anilines is 1. The Morgan fingerprint density at radius 3 is 2.53 bits per heavy atom. The molecular formula is C15H18ClNO2. The van der Waals surface area contributed by atoms with Crippen LogP contribution in [0.4, 0.5) is 5.69 Å². The number of carbonyl (C=O) groups excluding carboxylic acids is 2. The van der Waals surface area contributed by atoms with E-state index in [4.69, 9.17) is 11.6 Å². The summed E-state index contributed by atoms with van der Waals surface area (Å²) >= 11 is 6.42. The van der Waals surface area contributed by atoms with Crippen LogP contribution in [0.15, 0.2) is 24.3 Å². The second-order valence-electron chi connectivity index (χ2n) is 4.80. The van der Waals surface area contributed by atoms with Crippen LogP contribution in [0.3, 0.4) is 0 Å². The van der Waals surface area contributed by atoms with Crippen LogP contribution in [-0.2, 0) is 4.79 Å². The normalized spacial score (nSPS) is 22.6. The van der Waals surface area contributed by atoms with E-state index in [2.05, 4.69) is 0 Å². The fourth-order valence-electron chi connectivity index (χ4n) is 2.49. The molecule has 0 aliphatic carbocycles. The van der Waals surface area contributed by atoms with Gasteiger partial charge in [-0.3, -0.25) is 9.59 Å². The summed E-state index contributed by atoms with van der Waals surface area (Å²) in [6.07, 6.45) is 2.07. The van der Waals surface area contributed by atoms with Crippen LogP contribution in [0.2, 0.25) is 0 Å². The highest BCUT2D eigenvalue weighted by Gasteiger charge is 2.50. The molecule has 0 saturated carbocycles. The van der Waals surface area contributed by atoms with Gasteiger partial charge in [0, 0.05) is 12.1 Å². The Bertz CT molecular complexity index is 515. The molecule has 1 unspecified atom stereocenters. The van der Waals surface area contributed by atoms with Crippen LogP contribution in [-0.4, -0.2) is 23.1 Å². The van der Waals surface area contributed by atoms with E-state index < -0.39 is 4.87 Å². The summed E-state index contributed by atoms with van der Waals surface area (Å²) in [7, 11) is 0. The monoisotopic (exact) mass is 279 g/mol. The summed E-state index contributed by atoms with van der Waals surface area (Å²) in [5.41, 5.74) is 1.22. The van der Waals surface area contributed by atoms with E-state index in [9.17, 15) is 9.59 Å². The first kappa shape index (κ1) is 14.1. The highest BCUT2D eigenvalue weighted by Crippen LogP contribution is 2.39. The molecule has 0 spiro atoms. The van der Waals surface area contributed by atoms with Gasteiger partial charge in [0.05, 0.1) is 5.69 Å². The van der Waals surface area contributed by atoms with Gasteiger partial charge < -0.3 is 4.90 Å². The first-order valence-electron chi connectivity index (χ1n) is 6.71. The van der Waals surface area contributed by atoms with Crippen molar-refractivity contribution in [2.75, 3.05) is 11.4 Å². The number of amides is 1. The summed E-state index contributed by atoms with van der Waals surface area (Å²) in [5.74, 6) is -0.540. The molecule has 1 amide bonds. The predicted molar refractivity (Wildman–Crippen MR) is 76.9 cm³/mol. The lowest BCUT2D eigenvalue weighted by Crippen LogP contribution is -2.54. The molecule has 1 aromatic carbocycles. The molecule has 0 bridgehead atoms. The van der Waals surface area contributed by atoms with Gasteiger partial charge in [0.2, 0.25) is 0 Å². The zero-order chi connectivity index (χ0) is 14.0. The van der Waals surface area contributed by atoms with E-state index in [0.717, 1.165) is 12.8 Å². The number of hydrogen-bond acceptors (Lipinski definition) is 2. The maximum atomic E-state index is 12.5. The van der Waals surface area contributed by atoms with Crippen molar-refractivity contribution in [2.45, 2.75) is 38.0 Å². The molecule has 1 atom stereocenters. The van der Waals surface area contributed by atoms with Crippen LogP contribution >= 0.6 is 11.6 Å². The number of alkyl halides is 1. The molecule has 0 radical (unpaired) electrons. The molecule has 0 fully saturated rings. The highest BCUT2D eigenvalue weighted by molar-refractivity contribution is 6.52. The van der Waals surface area contributed by atoms with Crippen LogP contribution in [0.5, 0.6) is 0 Å². The second kappa shape index (κ2) is 5.33. The van der Waals surface area contributed by atoms with Gasteiger partial charge in [-0.1, -0.05) is 43.5 Å². The predicted octanol–water partition coefficient (Wildman–Crippen LogP) is 3.40. The van der Waals surface area contributed by atoms with E-state index in [1.807, 2.05) is 19.9 Å². The molecule has 2 rings (SSSR count). The maximum absolute atomic E-state index is 12.5. The fourth-order valence-corrected chi connectivity index (χ4v) is 2.83. The molecule has 1 aliphatic heterocycles. The first-order valence-corrected chi connectivity index (χ1v) is 7.08. The number of carbonyl (C=O) groups is 2. The van der Waals surface area contributed by atoms with Crippen molar-refractivity contribution in [1.29, 1.82) is 0 Å². The van der Waals surface area contributed by atoms with Crippen molar-refractivity contribution in [1.82, 2.24) is 0 Å². The van der Waals surface area contributed by atoms with E-state index in [1.165, 1.54) is 0 Å². The minimum atomic E-state index is -1.42. The van der Waals surface area contributed by atoms with E-state index in [-0.39, 0.29) is 11.7 Å². The molecule has 1 aromatic rings. The quantitative estimate of drug-likeness (QED) is 0.626. The average molecular weight is 280 g/mol. The first-order chi connectivity index (χ1) is 9.06. The molecule has 0 aromatic heterocycles. The zero-order valence-electron chi connectivity index (χ0n) is 11.3. The number of unbranched alkanes of at least 4 members (excludes halogenated alkanes) is 1. The lowest BCUT2D eigenvalue weighted by Gasteiger charge is -2.37. The number of halogens is 1. The van der Waals surface area contributed by atoms with Crippen LogP contribution < -0.4 is 4.90 Å². The summed E-state index contributed by atoms with van der Waals surface area (Å²) in [6.45, 7) is 4.43. The molecule has 1 heterocycles. The summed E-state index contributed by atoms with van der Waals surface area (Å²) < 4.78 is 0. The topological polar surface area (TPSA) is 37.4 Å². The number of nitrogens with zero attached hydrogens (tertiary/aromatic N) is 1. The van der Waals surface area contributed by atoms with Gasteiger partial charge in [-0.15, -0.1) is 0 Å². The van der Waals surface area contributed by atoms with Crippen molar-refractivity contribution in [3.05, 3.63) is 29.8 Å². The molecule has 102 valence electrons. The van der Waals surface area contributed by atoms with Gasteiger partial charge in [0.25, 0.3) is 5.91 Å². The standard InChI is InChI=1S/C15H18ClNO2/c1-3-5-10-15(16)13(18)11-8-6-7-9-12(11)17(4-2)14(15)19/h6-9H,3-5,10H2,1-2H3. The number of para-hydroxylation sites is 1. The number of benzene rings is 1. The van der Waals surface area contributed by atoms with Crippen molar-refractivity contribution in [2.24, 2.45) is 0 Å². The van der Waals surface area contributed by atoms with Crippen molar-refractivity contribution < 1.29 is 9.59 Å². The van der Waals surface area contributed by atoms with Gasteiger partial charge in [0.15, 0.2) is 10.7 Å². The molecule has 0 saturated heterocycles. The Balaban J connectivity index is 2.51.